The predicted molar refractivity (Wildman–Crippen MR) is 73.0 cm³/mol. The number of hydrogen-bond acceptors (Lipinski definition) is 4. The molecule has 0 fully saturated rings. The Labute approximate surface area is 109 Å². The molecule has 0 aliphatic heterocycles. The number of nitrogens with one attached hydrogen (secondary N) is 1. The van der Waals surface area contributed by atoms with Gasteiger partial charge in [-0.2, -0.15) is 4.31 Å². The Morgan fingerprint density at radius 3 is 2.44 bits per heavy atom. The number of pyridine rings is 1. The first-order valence-corrected chi connectivity index (χ1v) is 7.37. The number of nitrogens with zero attached hydrogens (tertiary/aromatic N) is 2. The Hall–Kier alpha value is -1.14. The average Bonchev–Trinajstić information content (AvgIpc) is 2.36. The first-order valence-electron chi connectivity index (χ1n) is 5.93. The van der Waals surface area contributed by atoms with E-state index in [0.717, 1.165) is 0 Å². The van der Waals surface area contributed by atoms with Crippen LogP contribution in [-0.4, -0.2) is 37.8 Å². The van der Waals surface area contributed by atoms with Crippen LogP contribution in [0.1, 0.15) is 20.8 Å². The summed E-state index contributed by atoms with van der Waals surface area (Å²) in [6.07, 6.45) is 1.57. The van der Waals surface area contributed by atoms with Crippen LogP contribution in [0.5, 0.6) is 0 Å². The van der Waals surface area contributed by atoms with Crippen LogP contribution in [0.4, 0.5) is 5.82 Å². The number of sulfonamides is 1. The molecule has 0 bridgehead atoms. The molecule has 0 aliphatic carbocycles. The summed E-state index contributed by atoms with van der Waals surface area (Å²) >= 11 is 0. The van der Waals surface area contributed by atoms with Crippen molar-refractivity contribution in [3.63, 3.8) is 0 Å². The van der Waals surface area contributed by atoms with Crippen molar-refractivity contribution in [1.29, 1.82) is 0 Å². The number of rotatable bonds is 5. The summed E-state index contributed by atoms with van der Waals surface area (Å²) < 4.78 is 26.4. The number of aromatic nitrogens is 1. The van der Waals surface area contributed by atoms with E-state index in [1.54, 1.807) is 32.4 Å². The Morgan fingerprint density at radius 2 is 1.94 bits per heavy atom. The molecule has 1 aromatic rings. The first kappa shape index (κ1) is 14.9. The molecular formula is C12H21N3O2S. The van der Waals surface area contributed by atoms with Gasteiger partial charge in [0.05, 0.1) is 0 Å². The second-order valence-electron chi connectivity index (χ2n) is 4.61. The fourth-order valence-corrected chi connectivity index (χ4v) is 3.22. The highest BCUT2D eigenvalue weighted by Crippen LogP contribution is 2.24. The lowest BCUT2D eigenvalue weighted by Gasteiger charge is -2.27. The van der Waals surface area contributed by atoms with E-state index in [0.29, 0.717) is 5.82 Å². The summed E-state index contributed by atoms with van der Waals surface area (Å²) in [6.45, 7) is 5.90. The maximum Gasteiger partial charge on any atom is 0.246 e. The lowest BCUT2D eigenvalue weighted by atomic mass is 10.1. The summed E-state index contributed by atoms with van der Waals surface area (Å²) in [6, 6.07) is 3.12. The molecule has 1 N–H and O–H groups in total. The van der Waals surface area contributed by atoms with E-state index in [4.69, 9.17) is 0 Å². The molecule has 5 nitrogen and oxygen atoms in total. The van der Waals surface area contributed by atoms with Crippen LogP contribution in [0.25, 0.3) is 0 Å². The monoisotopic (exact) mass is 271 g/mol. The summed E-state index contributed by atoms with van der Waals surface area (Å²) in [7, 11) is -0.254. The molecular weight excluding hydrogens is 250 g/mol. The molecule has 0 aliphatic rings. The fraction of sp³-hybridized carbons (Fsp3) is 0.583. The zero-order valence-electron chi connectivity index (χ0n) is 11.5. The van der Waals surface area contributed by atoms with Crippen LogP contribution in [0.15, 0.2) is 23.2 Å². The van der Waals surface area contributed by atoms with Crippen LogP contribution in [0.2, 0.25) is 0 Å². The van der Waals surface area contributed by atoms with Crippen molar-refractivity contribution in [1.82, 2.24) is 9.29 Å². The van der Waals surface area contributed by atoms with Gasteiger partial charge in [-0.3, -0.25) is 0 Å². The Kier molecular flexibility index (Phi) is 4.70. The molecule has 1 unspecified atom stereocenters. The van der Waals surface area contributed by atoms with E-state index < -0.39 is 10.0 Å². The van der Waals surface area contributed by atoms with Gasteiger partial charge in [0, 0.05) is 26.3 Å². The quantitative estimate of drug-likeness (QED) is 0.887. The van der Waals surface area contributed by atoms with Gasteiger partial charge in [0.1, 0.15) is 10.7 Å². The zero-order valence-corrected chi connectivity index (χ0v) is 12.3. The van der Waals surface area contributed by atoms with Gasteiger partial charge in [-0.1, -0.05) is 13.8 Å². The molecule has 0 saturated heterocycles. The molecule has 1 rings (SSSR count). The normalized spacial score (nSPS) is 13.9. The zero-order chi connectivity index (χ0) is 13.9. The van der Waals surface area contributed by atoms with Gasteiger partial charge in [-0.25, -0.2) is 13.4 Å². The Bertz CT molecular complexity index is 500. The van der Waals surface area contributed by atoms with Gasteiger partial charge in [0.25, 0.3) is 0 Å². The molecule has 1 aromatic heterocycles. The second kappa shape index (κ2) is 5.67. The van der Waals surface area contributed by atoms with Crippen molar-refractivity contribution >= 4 is 15.8 Å². The van der Waals surface area contributed by atoms with Gasteiger partial charge >= 0.3 is 0 Å². The SMILES string of the molecule is CNc1ncccc1S(=O)(=O)N(C)C(C)C(C)C. The Balaban J connectivity index is 3.21. The summed E-state index contributed by atoms with van der Waals surface area (Å²) in [5, 5.41) is 2.81. The molecule has 102 valence electrons. The van der Waals surface area contributed by atoms with Gasteiger partial charge in [0.2, 0.25) is 10.0 Å². The average molecular weight is 271 g/mol. The van der Waals surface area contributed by atoms with Crippen molar-refractivity contribution in [2.75, 3.05) is 19.4 Å². The molecule has 0 saturated carbocycles. The van der Waals surface area contributed by atoms with Crippen molar-refractivity contribution < 1.29 is 8.42 Å². The van der Waals surface area contributed by atoms with Crippen LogP contribution in [0, 0.1) is 5.92 Å². The standard InChI is InChI=1S/C12H21N3O2S/c1-9(2)10(3)15(5)18(16,17)11-7-6-8-14-12(11)13-4/h6-10H,1-5H3,(H,13,14). The van der Waals surface area contributed by atoms with Gasteiger partial charge in [-0.15, -0.1) is 0 Å². The Morgan fingerprint density at radius 1 is 1.33 bits per heavy atom. The third-order valence-corrected chi connectivity index (χ3v) is 5.18. The molecule has 0 amide bonds. The number of anilines is 1. The summed E-state index contributed by atoms with van der Waals surface area (Å²) in [5.74, 6) is 0.625. The summed E-state index contributed by atoms with van der Waals surface area (Å²) in [4.78, 5) is 4.24. The topological polar surface area (TPSA) is 62.3 Å². The van der Waals surface area contributed by atoms with Crippen LogP contribution in [-0.2, 0) is 10.0 Å². The van der Waals surface area contributed by atoms with Crippen LogP contribution < -0.4 is 5.32 Å². The highest BCUT2D eigenvalue weighted by atomic mass is 32.2. The van der Waals surface area contributed by atoms with Crippen molar-refractivity contribution in [2.24, 2.45) is 5.92 Å². The maximum atomic E-state index is 12.5. The predicted octanol–water partition coefficient (Wildman–Crippen LogP) is 1.79. The highest BCUT2D eigenvalue weighted by Gasteiger charge is 2.29. The molecule has 6 heteroatoms. The van der Waals surface area contributed by atoms with Gasteiger partial charge < -0.3 is 5.32 Å². The van der Waals surface area contributed by atoms with Gasteiger partial charge in [-0.05, 0) is 25.0 Å². The van der Waals surface area contributed by atoms with Gasteiger partial charge in [0.15, 0.2) is 0 Å². The third kappa shape index (κ3) is 2.81. The van der Waals surface area contributed by atoms with Crippen LogP contribution >= 0.6 is 0 Å². The smallest absolute Gasteiger partial charge is 0.246 e. The fourth-order valence-electron chi connectivity index (χ4n) is 1.58. The van der Waals surface area contributed by atoms with E-state index >= 15 is 0 Å². The van der Waals surface area contributed by atoms with Crippen molar-refractivity contribution in [3.05, 3.63) is 18.3 Å². The lowest BCUT2D eigenvalue weighted by molar-refractivity contribution is 0.316. The molecule has 0 spiro atoms. The molecule has 1 heterocycles. The van der Waals surface area contributed by atoms with E-state index in [-0.39, 0.29) is 16.9 Å². The van der Waals surface area contributed by atoms with Crippen molar-refractivity contribution in [3.8, 4) is 0 Å². The van der Waals surface area contributed by atoms with Crippen molar-refractivity contribution in [2.45, 2.75) is 31.7 Å². The maximum absolute atomic E-state index is 12.5. The molecule has 0 radical (unpaired) electrons. The molecule has 18 heavy (non-hydrogen) atoms. The van der Waals surface area contributed by atoms with E-state index in [9.17, 15) is 8.42 Å². The third-order valence-electron chi connectivity index (χ3n) is 3.20. The van der Waals surface area contributed by atoms with E-state index in [1.165, 1.54) is 4.31 Å². The second-order valence-corrected chi connectivity index (χ2v) is 6.57. The minimum Gasteiger partial charge on any atom is -0.372 e. The number of hydrogen-bond donors (Lipinski definition) is 1. The first-order chi connectivity index (χ1) is 8.32. The van der Waals surface area contributed by atoms with E-state index in [1.807, 2.05) is 20.8 Å². The molecule has 1 atom stereocenters. The minimum absolute atomic E-state index is 0.0695. The molecule has 0 aromatic carbocycles. The van der Waals surface area contributed by atoms with Crippen LogP contribution in [0.3, 0.4) is 0 Å². The highest BCUT2D eigenvalue weighted by molar-refractivity contribution is 7.89. The summed E-state index contributed by atoms with van der Waals surface area (Å²) in [5.41, 5.74) is 0. The minimum atomic E-state index is -3.52. The van der Waals surface area contributed by atoms with E-state index in [2.05, 4.69) is 10.3 Å². The largest absolute Gasteiger partial charge is 0.372 e. The lowest BCUT2D eigenvalue weighted by Crippen LogP contribution is -2.38.